The third kappa shape index (κ3) is 6.16. The van der Waals surface area contributed by atoms with Crippen molar-refractivity contribution in [1.82, 2.24) is 4.31 Å². The summed E-state index contributed by atoms with van der Waals surface area (Å²) in [5, 5.41) is 3.27. The molecule has 10 heteroatoms. The first-order valence-corrected chi connectivity index (χ1v) is 12.4. The maximum absolute atomic E-state index is 13.4. The van der Waals surface area contributed by atoms with E-state index in [1.807, 2.05) is 30.3 Å². The molecule has 0 aromatic heterocycles. The van der Waals surface area contributed by atoms with E-state index in [0.29, 0.717) is 6.42 Å². The first-order valence-electron chi connectivity index (χ1n) is 9.41. The molecule has 5 nitrogen and oxygen atoms in total. The Morgan fingerprint density at radius 3 is 2.31 bits per heavy atom. The number of benzene rings is 3. The van der Waals surface area contributed by atoms with E-state index in [1.165, 1.54) is 18.2 Å². The van der Waals surface area contributed by atoms with Gasteiger partial charge in [0.25, 0.3) is 0 Å². The van der Waals surface area contributed by atoms with Crippen molar-refractivity contribution in [3.05, 3.63) is 92.4 Å². The van der Waals surface area contributed by atoms with Crippen LogP contribution >= 0.6 is 46.4 Å². The first kappa shape index (κ1) is 24.8. The van der Waals surface area contributed by atoms with Crippen molar-refractivity contribution in [2.45, 2.75) is 11.3 Å². The molecule has 3 aromatic rings. The average Bonchev–Trinajstić information content (AvgIpc) is 2.76. The number of rotatable bonds is 8. The quantitative estimate of drug-likeness (QED) is 0.378. The molecule has 0 bridgehead atoms. The number of anilines is 1. The normalized spacial score (nSPS) is 11.5. The van der Waals surface area contributed by atoms with Gasteiger partial charge in [0, 0.05) is 11.6 Å². The fraction of sp³-hybridized carbons (Fsp3) is 0.136. The van der Waals surface area contributed by atoms with Gasteiger partial charge in [-0.2, -0.15) is 4.31 Å². The molecule has 0 fully saturated rings. The smallest absolute Gasteiger partial charge is 0.245 e. The minimum atomic E-state index is -4.13. The van der Waals surface area contributed by atoms with E-state index in [1.54, 1.807) is 18.2 Å². The van der Waals surface area contributed by atoms with E-state index >= 15 is 0 Å². The van der Waals surface area contributed by atoms with Crippen LogP contribution in [0.3, 0.4) is 0 Å². The largest absolute Gasteiger partial charge is 0.324 e. The highest BCUT2D eigenvalue weighted by atomic mass is 35.5. The van der Waals surface area contributed by atoms with Gasteiger partial charge in [0.05, 0.1) is 27.3 Å². The van der Waals surface area contributed by atoms with Crippen molar-refractivity contribution in [1.29, 1.82) is 0 Å². The number of carbonyl (C=O) groups is 1. The molecule has 0 saturated heterocycles. The average molecular weight is 532 g/mol. The van der Waals surface area contributed by atoms with E-state index in [0.717, 1.165) is 9.87 Å². The number of nitrogens with one attached hydrogen (secondary N) is 1. The van der Waals surface area contributed by atoms with Crippen LogP contribution in [0.5, 0.6) is 0 Å². The molecule has 0 aliphatic heterocycles. The van der Waals surface area contributed by atoms with Crippen molar-refractivity contribution < 1.29 is 13.2 Å². The van der Waals surface area contributed by atoms with Crippen LogP contribution in [0, 0.1) is 0 Å². The molecule has 0 unspecified atom stereocenters. The summed E-state index contributed by atoms with van der Waals surface area (Å²) < 4.78 is 27.8. The zero-order valence-corrected chi connectivity index (χ0v) is 20.4. The van der Waals surface area contributed by atoms with Gasteiger partial charge >= 0.3 is 0 Å². The highest BCUT2D eigenvalue weighted by Gasteiger charge is 2.29. The van der Waals surface area contributed by atoms with Gasteiger partial charge in [-0.3, -0.25) is 4.79 Å². The van der Waals surface area contributed by atoms with Crippen molar-refractivity contribution in [3.8, 4) is 0 Å². The molecule has 3 rings (SSSR count). The lowest BCUT2D eigenvalue weighted by atomic mass is 10.1. The van der Waals surface area contributed by atoms with Crippen LogP contribution in [0.25, 0.3) is 0 Å². The van der Waals surface area contributed by atoms with Crippen molar-refractivity contribution in [2.24, 2.45) is 0 Å². The van der Waals surface area contributed by atoms with Crippen molar-refractivity contribution >= 4 is 68.0 Å². The van der Waals surface area contributed by atoms with Gasteiger partial charge in [0.1, 0.15) is 4.90 Å². The maximum Gasteiger partial charge on any atom is 0.245 e. The third-order valence-electron chi connectivity index (χ3n) is 4.55. The molecule has 0 aliphatic carbocycles. The second kappa shape index (κ2) is 10.9. The molecule has 0 spiro atoms. The first-order chi connectivity index (χ1) is 15.2. The standard InChI is InChI=1S/C22H18Cl4N2O3S/c23-16-9-10-17(24)20(13-16)32(30,31)28(12-11-15-5-2-1-3-6-15)14-21(29)27-19-8-4-7-18(25)22(19)26/h1-10,13H,11-12,14H2,(H,27,29). The Kier molecular flexibility index (Phi) is 8.44. The predicted octanol–water partition coefficient (Wildman–Crippen LogP) is 6.17. The van der Waals surface area contributed by atoms with Crippen molar-refractivity contribution in [3.63, 3.8) is 0 Å². The molecule has 0 radical (unpaired) electrons. The van der Waals surface area contributed by atoms with Gasteiger partial charge in [-0.25, -0.2) is 8.42 Å². The topological polar surface area (TPSA) is 66.5 Å². The van der Waals surface area contributed by atoms with Crippen LogP contribution in [0.2, 0.25) is 20.1 Å². The van der Waals surface area contributed by atoms with Gasteiger partial charge in [0.2, 0.25) is 15.9 Å². The lowest BCUT2D eigenvalue weighted by Gasteiger charge is -2.23. The molecule has 1 amide bonds. The molecule has 1 N–H and O–H groups in total. The Morgan fingerprint density at radius 1 is 0.875 bits per heavy atom. The molecule has 168 valence electrons. The molecule has 0 heterocycles. The minimum Gasteiger partial charge on any atom is -0.324 e. The Balaban J connectivity index is 1.88. The van der Waals surface area contributed by atoms with E-state index in [2.05, 4.69) is 5.32 Å². The number of hydrogen-bond acceptors (Lipinski definition) is 3. The van der Waals surface area contributed by atoms with Gasteiger partial charge in [-0.05, 0) is 42.3 Å². The maximum atomic E-state index is 13.4. The highest BCUT2D eigenvalue weighted by Crippen LogP contribution is 2.30. The number of nitrogens with zero attached hydrogens (tertiary/aromatic N) is 1. The SMILES string of the molecule is O=C(CN(CCc1ccccc1)S(=O)(=O)c1cc(Cl)ccc1Cl)Nc1cccc(Cl)c1Cl. The van der Waals surface area contributed by atoms with Crippen LogP contribution in [-0.2, 0) is 21.2 Å². The molecule has 0 saturated carbocycles. The van der Waals surface area contributed by atoms with E-state index in [9.17, 15) is 13.2 Å². The summed E-state index contributed by atoms with van der Waals surface area (Å²) in [5.74, 6) is -0.580. The van der Waals surface area contributed by atoms with Crippen molar-refractivity contribution in [2.75, 3.05) is 18.4 Å². The number of hydrogen-bond donors (Lipinski definition) is 1. The van der Waals surface area contributed by atoms with Gasteiger partial charge in [-0.15, -0.1) is 0 Å². The van der Waals surface area contributed by atoms with E-state index in [-0.39, 0.29) is 37.2 Å². The Morgan fingerprint density at radius 2 is 1.59 bits per heavy atom. The molecule has 32 heavy (non-hydrogen) atoms. The summed E-state index contributed by atoms with van der Waals surface area (Å²) >= 11 is 24.3. The third-order valence-corrected chi connectivity index (χ3v) is 7.93. The molecule has 3 aromatic carbocycles. The van der Waals surface area contributed by atoms with Crippen LogP contribution in [0.4, 0.5) is 5.69 Å². The predicted molar refractivity (Wildman–Crippen MR) is 130 cm³/mol. The summed E-state index contributed by atoms with van der Waals surface area (Å²) in [7, 11) is -4.13. The molecule has 0 aliphatic rings. The Bertz CT molecular complexity index is 1220. The monoisotopic (exact) mass is 530 g/mol. The Labute approximate surface area is 206 Å². The highest BCUT2D eigenvalue weighted by molar-refractivity contribution is 7.89. The number of amides is 1. The Hall–Kier alpha value is -1.80. The zero-order chi connectivity index (χ0) is 23.3. The molecular formula is C22H18Cl4N2O3S. The molecular weight excluding hydrogens is 514 g/mol. The van der Waals surface area contributed by atoms with E-state index < -0.39 is 22.5 Å². The van der Waals surface area contributed by atoms with E-state index in [4.69, 9.17) is 46.4 Å². The number of sulfonamides is 1. The van der Waals surface area contributed by atoms with Gasteiger partial charge in [-0.1, -0.05) is 82.8 Å². The fourth-order valence-electron chi connectivity index (χ4n) is 2.95. The summed E-state index contributed by atoms with van der Waals surface area (Å²) in [4.78, 5) is 12.6. The second-order valence-corrected chi connectivity index (χ2v) is 10.3. The number of halogens is 4. The van der Waals surface area contributed by atoms with Crippen LogP contribution in [0.1, 0.15) is 5.56 Å². The van der Waals surface area contributed by atoms with Crippen LogP contribution in [0.15, 0.2) is 71.6 Å². The summed E-state index contributed by atoms with van der Waals surface area (Å²) in [6.07, 6.45) is 0.392. The summed E-state index contributed by atoms with van der Waals surface area (Å²) in [5.41, 5.74) is 1.20. The zero-order valence-electron chi connectivity index (χ0n) is 16.6. The minimum absolute atomic E-state index is 0.0115. The second-order valence-electron chi connectivity index (χ2n) is 6.80. The fourth-order valence-corrected chi connectivity index (χ4v) is 5.43. The molecule has 0 atom stereocenters. The lowest BCUT2D eigenvalue weighted by molar-refractivity contribution is -0.116. The lowest BCUT2D eigenvalue weighted by Crippen LogP contribution is -2.39. The van der Waals surface area contributed by atoms with Crippen LogP contribution < -0.4 is 5.32 Å². The van der Waals surface area contributed by atoms with Gasteiger partial charge in [0.15, 0.2) is 0 Å². The van der Waals surface area contributed by atoms with Crippen LogP contribution in [-0.4, -0.2) is 31.7 Å². The summed E-state index contributed by atoms with van der Waals surface area (Å²) in [6.45, 7) is -0.410. The van der Waals surface area contributed by atoms with Gasteiger partial charge < -0.3 is 5.32 Å². The summed E-state index contributed by atoms with van der Waals surface area (Å²) in [6, 6.07) is 18.3. The number of carbonyl (C=O) groups excluding carboxylic acids is 1.